The third-order valence-electron chi connectivity index (χ3n) is 4.03. The van der Waals surface area contributed by atoms with Crippen LogP contribution in [-0.2, 0) is 6.54 Å². The van der Waals surface area contributed by atoms with Gasteiger partial charge in [0.25, 0.3) is 0 Å². The molecular formula is C18H25N3. The number of benzene rings is 1. The summed E-state index contributed by atoms with van der Waals surface area (Å²) in [5.41, 5.74) is 9.01. The summed E-state index contributed by atoms with van der Waals surface area (Å²) >= 11 is 0. The van der Waals surface area contributed by atoms with Crippen molar-refractivity contribution in [1.82, 2.24) is 9.88 Å². The van der Waals surface area contributed by atoms with Gasteiger partial charge in [0.15, 0.2) is 0 Å². The fraction of sp³-hybridized carbons (Fsp3) is 0.389. The maximum atomic E-state index is 6.53. The van der Waals surface area contributed by atoms with Gasteiger partial charge in [-0.3, -0.25) is 9.88 Å². The van der Waals surface area contributed by atoms with Crippen LogP contribution in [0.5, 0.6) is 0 Å². The average Bonchev–Trinajstić information content (AvgIpc) is 2.56. The molecular weight excluding hydrogens is 258 g/mol. The molecule has 112 valence electrons. The van der Waals surface area contributed by atoms with E-state index in [4.69, 9.17) is 5.73 Å². The van der Waals surface area contributed by atoms with Crippen molar-refractivity contribution in [2.75, 3.05) is 6.54 Å². The van der Waals surface area contributed by atoms with E-state index < -0.39 is 0 Å². The SMILES string of the molecule is CCC(C(N)c1ccccc1)N(CC)Cc1ccncc1. The largest absolute Gasteiger partial charge is 0.323 e. The minimum atomic E-state index is 0.0398. The highest BCUT2D eigenvalue weighted by Gasteiger charge is 2.23. The molecule has 2 N–H and O–H groups in total. The second-order valence-corrected chi connectivity index (χ2v) is 5.33. The van der Waals surface area contributed by atoms with E-state index in [1.807, 2.05) is 18.5 Å². The first-order chi connectivity index (χ1) is 10.3. The fourth-order valence-electron chi connectivity index (χ4n) is 2.82. The molecule has 0 saturated carbocycles. The summed E-state index contributed by atoms with van der Waals surface area (Å²) in [4.78, 5) is 6.53. The van der Waals surface area contributed by atoms with Crippen LogP contribution in [0, 0.1) is 0 Å². The van der Waals surface area contributed by atoms with Crippen LogP contribution in [0.3, 0.4) is 0 Å². The Morgan fingerprint density at radius 2 is 1.71 bits per heavy atom. The van der Waals surface area contributed by atoms with Crippen LogP contribution in [0.1, 0.15) is 37.4 Å². The van der Waals surface area contributed by atoms with Crippen LogP contribution >= 0.6 is 0 Å². The van der Waals surface area contributed by atoms with Gasteiger partial charge >= 0.3 is 0 Å². The molecule has 2 aromatic rings. The van der Waals surface area contributed by atoms with Crippen molar-refractivity contribution in [1.29, 1.82) is 0 Å². The van der Waals surface area contributed by atoms with Gasteiger partial charge in [0.2, 0.25) is 0 Å². The smallest absolute Gasteiger partial charge is 0.0453 e. The monoisotopic (exact) mass is 283 g/mol. The summed E-state index contributed by atoms with van der Waals surface area (Å²) in [6, 6.07) is 14.9. The van der Waals surface area contributed by atoms with Gasteiger partial charge in [-0.15, -0.1) is 0 Å². The molecule has 3 nitrogen and oxygen atoms in total. The van der Waals surface area contributed by atoms with Gasteiger partial charge in [0.05, 0.1) is 0 Å². The molecule has 3 heteroatoms. The lowest BCUT2D eigenvalue weighted by molar-refractivity contribution is 0.166. The predicted octanol–water partition coefficient (Wildman–Crippen LogP) is 3.38. The molecule has 0 radical (unpaired) electrons. The summed E-state index contributed by atoms with van der Waals surface area (Å²) in [6.45, 7) is 6.31. The van der Waals surface area contributed by atoms with Gasteiger partial charge in [-0.25, -0.2) is 0 Å². The number of nitrogens with zero attached hydrogens (tertiary/aromatic N) is 2. The Labute approximate surface area is 127 Å². The number of hydrogen-bond donors (Lipinski definition) is 1. The van der Waals surface area contributed by atoms with E-state index in [1.165, 1.54) is 11.1 Å². The minimum absolute atomic E-state index is 0.0398. The number of aromatic nitrogens is 1. The highest BCUT2D eigenvalue weighted by atomic mass is 15.2. The summed E-state index contributed by atoms with van der Waals surface area (Å²) in [6.07, 6.45) is 4.73. The Morgan fingerprint density at radius 1 is 1.05 bits per heavy atom. The molecule has 2 atom stereocenters. The molecule has 21 heavy (non-hydrogen) atoms. The quantitative estimate of drug-likeness (QED) is 0.847. The Bertz CT molecular complexity index is 513. The van der Waals surface area contributed by atoms with Gasteiger partial charge in [-0.2, -0.15) is 0 Å². The second kappa shape index (κ2) is 7.91. The molecule has 0 aliphatic heterocycles. The van der Waals surface area contributed by atoms with E-state index >= 15 is 0 Å². The van der Waals surface area contributed by atoms with Crippen molar-refractivity contribution in [2.24, 2.45) is 5.73 Å². The fourth-order valence-corrected chi connectivity index (χ4v) is 2.82. The molecule has 0 aliphatic rings. The first-order valence-corrected chi connectivity index (χ1v) is 7.69. The first kappa shape index (κ1) is 15.7. The molecule has 1 heterocycles. The molecule has 0 amide bonds. The molecule has 0 bridgehead atoms. The van der Waals surface area contributed by atoms with Gasteiger partial charge in [-0.1, -0.05) is 44.2 Å². The predicted molar refractivity (Wildman–Crippen MR) is 87.8 cm³/mol. The van der Waals surface area contributed by atoms with Gasteiger partial charge in [-0.05, 0) is 36.2 Å². The number of hydrogen-bond acceptors (Lipinski definition) is 3. The molecule has 0 spiro atoms. The van der Waals surface area contributed by atoms with Crippen molar-refractivity contribution in [2.45, 2.75) is 38.9 Å². The summed E-state index contributed by atoms with van der Waals surface area (Å²) in [7, 11) is 0. The zero-order valence-corrected chi connectivity index (χ0v) is 12.9. The van der Waals surface area contributed by atoms with E-state index in [-0.39, 0.29) is 6.04 Å². The van der Waals surface area contributed by atoms with Crippen LogP contribution in [-0.4, -0.2) is 22.5 Å². The van der Waals surface area contributed by atoms with Crippen molar-refractivity contribution in [3.05, 3.63) is 66.0 Å². The molecule has 1 aromatic carbocycles. The molecule has 0 fully saturated rings. The number of pyridine rings is 1. The lowest BCUT2D eigenvalue weighted by Gasteiger charge is -2.34. The third-order valence-corrected chi connectivity index (χ3v) is 4.03. The molecule has 0 aliphatic carbocycles. The van der Waals surface area contributed by atoms with Crippen molar-refractivity contribution >= 4 is 0 Å². The highest BCUT2D eigenvalue weighted by Crippen LogP contribution is 2.22. The van der Waals surface area contributed by atoms with Crippen LogP contribution < -0.4 is 5.73 Å². The standard InChI is InChI=1S/C18H25N3/c1-3-17(18(19)16-8-6-5-7-9-16)21(4-2)14-15-10-12-20-13-11-15/h5-13,17-18H,3-4,14,19H2,1-2H3. The van der Waals surface area contributed by atoms with E-state index in [1.54, 1.807) is 0 Å². The first-order valence-electron chi connectivity index (χ1n) is 7.69. The maximum Gasteiger partial charge on any atom is 0.0453 e. The van der Waals surface area contributed by atoms with E-state index in [9.17, 15) is 0 Å². The summed E-state index contributed by atoms with van der Waals surface area (Å²) < 4.78 is 0. The normalized spacial score (nSPS) is 14.1. The van der Waals surface area contributed by atoms with Crippen molar-refractivity contribution in [3.8, 4) is 0 Å². The molecule has 1 aromatic heterocycles. The Balaban J connectivity index is 2.14. The lowest BCUT2D eigenvalue weighted by atomic mass is 9.96. The van der Waals surface area contributed by atoms with E-state index in [2.05, 4.69) is 60.1 Å². The summed E-state index contributed by atoms with van der Waals surface area (Å²) in [5.74, 6) is 0. The molecule has 0 saturated heterocycles. The molecule has 2 rings (SSSR count). The third kappa shape index (κ3) is 4.13. The van der Waals surface area contributed by atoms with Gasteiger partial charge in [0, 0.05) is 31.0 Å². The molecule has 2 unspecified atom stereocenters. The highest BCUT2D eigenvalue weighted by molar-refractivity contribution is 5.20. The van der Waals surface area contributed by atoms with Crippen LogP contribution in [0.2, 0.25) is 0 Å². The zero-order chi connectivity index (χ0) is 15.1. The number of nitrogens with two attached hydrogens (primary N) is 1. The van der Waals surface area contributed by atoms with Crippen molar-refractivity contribution in [3.63, 3.8) is 0 Å². The minimum Gasteiger partial charge on any atom is -0.323 e. The average molecular weight is 283 g/mol. The zero-order valence-electron chi connectivity index (χ0n) is 12.9. The van der Waals surface area contributed by atoms with Gasteiger partial charge < -0.3 is 5.73 Å². The number of rotatable bonds is 7. The van der Waals surface area contributed by atoms with Crippen LogP contribution in [0.25, 0.3) is 0 Å². The lowest BCUT2D eigenvalue weighted by Crippen LogP contribution is -2.42. The second-order valence-electron chi connectivity index (χ2n) is 5.33. The van der Waals surface area contributed by atoms with E-state index in [0.29, 0.717) is 6.04 Å². The Kier molecular flexibility index (Phi) is 5.90. The van der Waals surface area contributed by atoms with Crippen molar-refractivity contribution < 1.29 is 0 Å². The Morgan fingerprint density at radius 3 is 2.29 bits per heavy atom. The van der Waals surface area contributed by atoms with Gasteiger partial charge in [0.1, 0.15) is 0 Å². The van der Waals surface area contributed by atoms with Crippen LogP contribution in [0.15, 0.2) is 54.9 Å². The Hall–Kier alpha value is -1.71. The van der Waals surface area contributed by atoms with Crippen LogP contribution in [0.4, 0.5) is 0 Å². The summed E-state index contributed by atoms with van der Waals surface area (Å²) in [5, 5.41) is 0. The number of likely N-dealkylation sites (N-methyl/N-ethyl adjacent to an activating group) is 1. The van der Waals surface area contributed by atoms with E-state index in [0.717, 1.165) is 19.5 Å². The maximum absolute atomic E-state index is 6.53. The topological polar surface area (TPSA) is 42.1 Å².